The molecule has 1 fully saturated rings. The van der Waals surface area contributed by atoms with Gasteiger partial charge in [-0.15, -0.1) is 24.8 Å². The highest BCUT2D eigenvalue weighted by Crippen LogP contribution is 2.21. The molecule has 5 nitrogen and oxygen atoms in total. The van der Waals surface area contributed by atoms with Crippen molar-refractivity contribution in [2.75, 3.05) is 13.1 Å². The maximum Gasteiger partial charge on any atom is 0.290 e. The highest BCUT2D eigenvalue weighted by atomic mass is 35.5. The first-order chi connectivity index (χ1) is 9.56. The largest absolute Gasteiger partial charge is 0.449 e. The first-order valence-corrected chi connectivity index (χ1v) is 6.98. The third-order valence-electron chi connectivity index (χ3n) is 4.02. The average Bonchev–Trinajstić information content (AvgIpc) is 2.84. The smallest absolute Gasteiger partial charge is 0.290 e. The second kappa shape index (κ2) is 7.31. The number of carbonyl (C=O) groups excluding carboxylic acids is 1. The number of carbonyl (C=O) groups is 1. The molecular formula is C15H21Cl2N3O2. The summed E-state index contributed by atoms with van der Waals surface area (Å²) in [5, 5.41) is 3.37. The van der Waals surface area contributed by atoms with Crippen LogP contribution in [-0.4, -0.2) is 41.0 Å². The molecule has 0 saturated carbocycles. The first kappa shape index (κ1) is 18.7. The third kappa shape index (κ3) is 3.37. The minimum absolute atomic E-state index is 0. The summed E-state index contributed by atoms with van der Waals surface area (Å²) in [4.78, 5) is 18.8. The fourth-order valence-corrected chi connectivity index (χ4v) is 2.62. The predicted octanol–water partition coefficient (Wildman–Crippen LogP) is 2.80. The summed E-state index contributed by atoms with van der Waals surface area (Å²) >= 11 is 0. The standard InChI is InChI=1S/C15H19N3O2.2ClH/c1-9-4-5-13-12(17-9)8-14(20-13)15(19)18-7-6-16-10(2)11(18)3;;/h4-5,8,10-11,16H,6-7H2,1-3H3;2*1H. The summed E-state index contributed by atoms with van der Waals surface area (Å²) in [6.45, 7) is 7.59. The van der Waals surface area contributed by atoms with E-state index in [0.717, 1.165) is 17.8 Å². The Morgan fingerprint density at radius 1 is 1.36 bits per heavy atom. The number of hydrogen-bond acceptors (Lipinski definition) is 4. The average molecular weight is 346 g/mol. The van der Waals surface area contributed by atoms with Crippen LogP contribution in [0, 0.1) is 6.92 Å². The Kier molecular flexibility index (Phi) is 6.23. The molecule has 1 aliphatic heterocycles. The van der Waals surface area contributed by atoms with Gasteiger partial charge in [-0.1, -0.05) is 0 Å². The zero-order chi connectivity index (χ0) is 14.3. The van der Waals surface area contributed by atoms with E-state index in [1.54, 1.807) is 6.07 Å². The number of nitrogens with one attached hydrogen (secondary N) is 1. The molecular weight excluding hydrogens is 325 g/mol. The van der Waals surface area contributed by atoms with E-state index in [1.165, 1.54) is 0 Å². The Hall–Kier alpha value is -1.30. The molecule has 0 aliphatic carbocycles. The molecule has 0 bridgehead atoms. The number of nitrogens with zero attached hydrogens (tertiary/aromatic N) is 2. The molecule has 2 atom stereocenters. The van der Waals surface area contributed by atoms with Gasteiger partial charge < -0.3 is 14.6 Å². The number of amides is 1. The summed E-state index contributed by atoms with van der Waals surface area (Å²) < 4.78 is 5.65. The molecule has 22 heavy (non-hydrogen) atoms. The molecule has 2 aromatic heterocycles. The number of hydrogen-bond donors (Lipinski definition) is 1. The quantitative estimate of drug-likeness (QED) is 0.863. The lowest BCUT2D eigenvalue weighted by Crippen LogP contribution is -2.57. The number of halogens is 2. The number of aryl methyl sites for hydroxylation is 1. The van der Waals surface area contributed by atoms with Gasteiger partial charge in [0.1, 0.15) is 5.52 Å². The molecule has 3 rings (SSSR count). The summed E-state index contributed by atoms with van der Waals surface area (Å²) in [6.07, 6.45) is 0. The van der Waals surface area contributed by atoms with Crippen molar-refractivity contribution >= 4 is 41.8 Å². The highest BCUT2D eigenvalue weighted by Gasteiger charge is 2.30. The summed E-state index contributed by atoms with van der Waals surface area (Å²) in [5.41, 5.74) is 2.32. The molecule has 0 radical (unpaired) electrons. The predicted molar refractivity (Wildman–Crippen MR) is 91.2 cm³/mol. The minimum atomic E-state index is -0.0542. The van der Waals surface area contributed by atoms with Crippen molar-refractivity contribution in [3.8, 4) is 0 Å². The molecule has 0 spiro atoms. The molecule has 2 unspecified atom stereocenters. The number of aromatic nitrogens is 1. The molecule has 1 N–H and O–H groups in total. The maximum absolute atomic E-state index is 12.6. The van der Waals surface area contributed by atoms with Crippen molar-refractivity contribution in [1.82, 2.24) is 15.2 Å². The van der Waals surface area contributed by atoms with Crippen molar-refractivity contribution in [2.24, 2.45) is 0 Å². The molecule has 2 aromatic rings. The van der Waals surface area contributed by atoms with Gasteiger partial charge in [0.15, 0.2) is 11.3 Å². The first-order valence-electron chi connectivity index (χ1n) is 6.98. The Morgan fingerprint density at radius 3 is 2.82 bits per heavy atom. The zero-order valence-electron chi connectivity index (χ0n) is 12.8. The van der Waals surface area contributed by atoms with Crippen LogP contribution in [-0.2, 0) is 0 Å². The normalized spacial score (nSPS) is 21.1. The third-order valence-corrected chi connectivity index (χ3v) is 4.02. The summed E-state index contributed by atoms with van der Waals surface area (Å²) in [6, 6.07) is 5.93. The highest BCUT2D eigenvalue weighted by molar-refractivity contribution is 5.95. The van der Waals surface area contributed by atoms with Crippen LogP contribution in [0.4, 0.5) is 0 Å². The van der Waals surface area contributed by atoms with E-state index in [1.807, 2.05) is 24.0 Å². The summed E-state index contributed by atoms with van der Waals surface area (Å²) in [5.74, 6) is 0.320. The van der Waals surface area contributed by atoms with Crippen molar-refractivity contribution < 1.29 is 9.21 Å². The Balaban J connectivity index is 0.00000121. The molecule has 1 saturated heterocycles. The van der Waals surface area contributed by atoms with Gasteiger partial charge in [-0.05, 0) is 32.9 Å². The van der Waals surface area contributed by atoms with Crippen molar-refractivity contribution in [2.45, 2.75) is 32.9 Å². The second-order valence-electron chi connectivity index (χ2n) is 5.43. The van der Waals surface area contributed by atoms with Crippen LogP contribution < -0.4 is 5.32 Å². The lowest BCUT2D eigenvalue weighted by Gasteiger charge is -2.38. The van der Waals surface area contributed by atoms with Crippen LogP contribution >= 0.6 is 24.8 Å². The van der Waals surface area contributed by atoms with Crippen LogP contribution in [0.2, 0.25) is 0 Å². The lowest BCUT2D eigenvalue weighted by molar-refractivity contribution is 0.0573. The minimum Gasteiger partial charge on any atom is -0.449 e. The number of rotatable bonds is 1. The number of fused-ring (bicyclic) bond motifs is 1. The molecule has 1 aliphatic rings. The van der Waals surface area contributed by atoms with Crippen LogP contribution in [0.15, 0.2) is 22.6 Å². The molecule has 1 amide bonds. The van der Waals surface area contributed by atoms with E-state index < -0.39 is 0 Å². The Bertz CT molecular complexity index is 659. The van der Waals surface area contributed by atoms with Crippen molar-refractivity contribution in [3.63, 3.8) is 0 Å². The second-order valence-corrected chi connectivity index (χ2v) is 5.43. The number of pyridine rings is 1. The van der Waals surface area contributed by atoms with Crippen LogP contribution in [0.1, 0.15) is 30.1 Å². The number of furan rings is 1. The Morgan fingerprint density at radius 2 is 2.09 bits per heavy atom. The van der Waals surface area contributed by atoms with Crippen LogP contribution in [0.5, 0.6) is 0 Å². The van der Waals surface area contributed by atoms with Gasteiger partial charge >= 0.3 is 0 Å². The topological polar surface area (TPSA) is 58.4 Å². The maximum atomic E-state index is 12.6. The van der Waals surface area contributed by atoms with E-state index in [-0.39, 0.29) is 42.8 Å². The number of piperazine rings is 1. The fraction of sp³-hybridized carbons (Fsp3) is 0.467. The lowest BCUT2D eigenvalue weighted by atomic mass is 10.1. The summed E-state index contributed by atoms with van der Waals surface area (Å²) in [7, 11) is 0. The zero-order valence-corrected chi connectivity index (χ0v) is 14.5. The van der Waals surface area contributed by atoms with Crippen molar-refractivity contribution in [1.29, 1.82) is 0 Å². The van der Waals surface area contributed by atoms with E-state index in [2.05, 4.69) is 24.1 Å². The molecule has 3 heterocycles. The van der Waals surface area contributed by atoms with Crippen LogP contribution in [0.3, 0.4) is 0 Å². The fourth-order valence-electron chi connectivity index (χ4n) is 2.62. The van der Waals surface area contributed by atoms with E-state index in [9.17, 15) is 4.79 Å². The van der Waals surface area contributed by atoms with E-state index in [0.29, 0.717) is 17.9 Å². The van der Waals surface area contributed by atoms with Gasteiger partial charge in [-0.3, -0.25) is 4.79 Å². The van der Waals surface area contributed by atoms with Crippen LogP contribution in [0.25, 0.3) is 11.1 Å². The van der Waals surface area contributed by atoms with Gasteiger partial charge in [-0.2, -0.15) is 0 Å². The molecule has 122 valence electrons. The molecule has 0 aromatic carbocycles. The van der Waals surface area contributed by atoms with Gasteiger partial charge in [0, 0.05) is 36.9 Å². The van der Waals surface area contributed by atoms with Gasteiger partial charge in [0.2, 0.25) is 0 Å². The van der Waals surface area contributed by atoms with E-state index >= 15 is 0 Å². The van der Waals surface area contributed by atoms with Gasteiger partial charge in [0.25, 0.3) is 5.91 Å². The monoisotopic (exact) mass is 345 g/mol. The van der Waals surface area contributed by atoms with Gasteiger partial charge in [-0.25, -0.2) is 4.98 Å². The SMILES string of the molecule is Cc1ccc2oc(C(=O)N3CCNC(C)C3C)cc2n1.Cl.Cl. The van der Waals surface area contributed by atoms with Crippen molar-refractivity contribution in [3.05, 3.63) is 29.7 Å². The molecule has 7 heteroatoms. The van der Waals surface area contributed by atoms with E-state index in [4.69, 9.17) is 4.42 Å². The Labute approximate surface area is 142 Å². The van der Waals surface area contributed by atoms with Gasteiger partial charge in [0.05, 0.1) is 0 Å².